The molecule has 0 radical (unpaired) electrons. The highest BCUT2D eigenvalue weighted by Gasteiger charge is 2.52. The Balaban J connectivity index is 1.92. The lowest BCUT2D eigenvalue weighted by molar-refractivity contribution is -0.192. The number of hydrogen-bond acceptors (Lipinski definition) is 3. The van der Waals surface area contributed by atoms with Gasteiger partial charge in [0.1, 0.15) is 11.5 Å². The maximum atomic E-state index is 14.0. The highest BCUT2D eigenvalue weighted by atomic mass is 35.5. The van der Waals surface area contributed by atoms with E-state index in [9.17, 15) is 44.3 Å². The van der Waals surface area contributed by atoms with Gasteiger partial charge in [0.15, 0.2) is 5.78 Å². The quantitative estimate of drug-likeness (QED) is 0.0864. The molecule has 1 aliphatic rings. The van der Waals surface area contributed by atoms with Gasteiger partial charge in [-0.05, 0) is 42.2 Å². The lowest BCUT2D eigenvalue weighted by Crippen LogP contribution is -2.41. The number of rotatable bonds is 9. The molecular formula is C26H19Cl3F9NO2S. The predicted molar refractivity (Wildman–Crippen MR) is 144 cm³/mol. The van der Waals surface area contributed by atoms with Crippen LogP contribution < -0.4 is 0 Å². The van der Waals surface area contributed by atoms with E-state index in [-0.39, 0.29) is 38.5 Å². The first-order valence-electron chi connectivity index (χ1n) is 11.7. The zero-order chi connectivity index (χ0) is 31.8. The van der Waals surface area contributed by atoms with Gasteiger partial charge in [-0.2, -0.15) is 39.5 Å². The van der Waals surface area contributed by atoms with Crippen molar-refractivity contribution in [1.82, 2.24) is 5.06 Å². The molecule has 1 fully saturated rings. The number of allylic oxidation sites excluding steroid dienone is 1. The van der Waals surface area contributed by atoms with Crippen LogP contribution in [0.3, 0.4) is 0 Å². The molecule has 230 valence electrons. The summed E-state index contributed by atoms with van der Waals surface area (Å²) in [5, 5.41) is -0.328. The topological polar surface area (TPSA) is 29.5 Å². The van der Waals surface area contributed by atoms with Crippen LogP contribution in [0.2, 0.25) is 15.1 Å². The highest BCUT2D eigenvalue weighted by Crippen LogP contribution is 2.52. The number of Topliss-reactive ketones (excluding diaryl/α,β-unsaturated/α-hetero) is 1. The maximum absolute atomic E-state index is 14.0. The SMILES string of the molecule is CON(CC(F)(F)F)C(=S)C1(CC(=O)c2ccc(/C=C/C(c3cc(Cl)c(Cl)c(Cl)c3)C(F)(F)F)cc2C(F)(F)F)CC1. The van der Waals surface area contributed by atoms with Crippen LogP contribution in [0.5, 0.6) is 0 Å². The number of halogens is 12. The van der Waals surface area contributed by atoms with Gasteiger partial charge < -0.3 is 0 Å². The van der Waals surface area contributed by atoms with Crippen LogP contribution in [0.15, 0.2) is 36.4 Å². The molecule has 0 heterocycles. The summed E-state index contributed by atoms with van der Waals surface area (Å²) < 4.78 is 122. The molecule has 2 aromatic carbocycles. The molecule has 2 aromatic rings. The first-order valence-corrected chi connectivity index (χ1v) is 13.3. The second-order valence-corrected chi connectivity index (χ2v) is 11.1. The van der Waals surface area contributed by atoms with Gasteiger partial charge in [0, 0.05) is 17.4 Å². The zero-order valence-electron chi connectivity index (χ0n) is 21.2. The van der Waals surface area contributed by atoms with E-state index in [4.69, 9.17) is 47.0 Å². The van der Waals surface area contributed by atoms with E-state index in [1.807, 2.05) is 0 Å². The minimum atomic E-state index is -5.10. The molecule has 0 bridgehead atoms. The van der Waals surface area contributed by atoms with E-state index in [0.717, 1.165) is 37.5 Å². The summed E-state index contributed by atoms with van der Waals surface area (Å²) in [6.45, 7) is -1.58. The van der Waals surface area contributed by atoms with Gasteiger partial charge in [-0.3, -0.25) is 9.63 Å². The van der Waals surface area contributed by atoms with E-state index in [1.54, 1.807) is 0 Å². The monoisotopic (exact) mass is 685 g/mol. The van der Waals surface area contributed by atoms with E-state index in [2.05, 4.69) is 4.84 Å². The predicted octanol–water partition coefficient (Wildman–Crippen LogP) is 10.1. The fraction of sp³-hybridized carbons (Fsp3) is 0.385. The molecule has 3 rings (SSSR count). The van der Waals surface area contributed by atoms with Crippen molar-refractivity contribution in [3.05, 3.63) is 73.7 Å². The summed E-state index contributed by atoms with van der Waals surface area (Å²) in [6, 6.07) is 4.17. The lowest BCUT2D eigenvalue weighted by Gasteiger charge is -2.28. The Morgan fingerprint density at radius 1 is 1.02 bits per heavy atom. The molecule has 42 heavy (non-hydrogen) atoms. The molecule has 0 aliphatic heterocycles. The zero-order valence-corrected chi connectivity index (χ0v) is 24.2. The molecule has 3 nitrogen and oxygen atoms in total. The van der Waals surface area contributed by atoms with Gasteiger partial charge in [-0.25, -0.2) is 5.06 Å². The molecule has 1 aliphatic carbocycles. The summed E-state index contributed by atoms with van der Waals surface area (Å²) >= 11 is 22.6. The molecule has 0 spiro atoms. The summed E-state index contributed by atoms with van der Waals surface area (Å²) in [6.07, 6.45) is -13.6. The number of hydroxylamine groups is 2. The van der Waals surface area contributed by atoms with Gasteiger partial charge in [0.05, 0.1) is 33.7 Å². The van der Waals surface area contributed by atoms with Crippen LogP contribution in [0, 0.1) is 5.41 Å². The fourth-order valence-corrected chi connectivity index (χ4v) is 5.21. The maximum Gasteiger partial charge on any atom is 0.417 e. The van der Waals surface area contributed by atoms with Crippen molar-refractivity contribution in [2.24, 2.45) is 5.41 Å². The van der Waals surface area contributed by atoms with Crippen molar-refractivity contribution in [1.29, 1.82) is 0 Å². The second kappa shape index (κ2) is 12.5. The normalized spacial score (nSPS) is 16.0. The average molecular weight is 687 g/mol. The standard InChI is InChI=1S/C26H19Cl3F9NO2S/c1-41-39(12-24(30,31)32)22(42)23(6-7-23)11-20(40)15-4-2-13(8-17(15)26(36,37)38)3-5-16(25(33,34)35)14-9-18(27)21(29)19(28)10-14/h2-5,8-10,16H,6-7,11-12H2,1H3/b5-3+. The van der Waals surface area contributed by atoms with Gasteiger partial charge in [0.2, 0.25) is 0 Å². The number of nitrogens with zero attached hydrogens (tertiary/aromatic N) is 1. The van der Waals surface area contributed by atoms with Crippen molar-refractivity contribution < 1.29 is 49.1 Å². The fourth-order valence-electron chi connectivity index (χ4n) is 4.18. The Morgan fingerprint density at radius 3 is 2.05 bits per heavy atom. The van der Waals surface area contributed by atoms with Crippen LogP contribution in [0.25, 0.3) is 6.08 Å². The van der Waals surface area contributed by atoms with Gasteiger partial charge in [0.25, 0.3) is 0 Å². The minimum Gasteiger partial charge on any atom is -0.294 e. The third-order valence-electron chi connectivity index (χ3n) is 6.42. The number of alkyl halides is 9. The largest absolute Gasteiger partial charge is 0.417 e. The third-order valence-corrected chi connectivity index (χ3v) is 8.26. The molecule has 1 unspecified atom stereocenters. The first kappa shape index (κ1) is 34.4. The lowest BCUT2D eigenvalue weighted by atomic mass is 9.91. The summed E-state index contributed by atoms with van der Waals surface area (Å²) in [4.78, 5) is 17.3. The van der Waals surface area contributed by atoms with Crippen LogP contribution in [0.4, 0.5) is 39.5 Å². The van der Waals surface area contributed by atoms with Gasteiger partial charge in [-0.1, -0.05) is 71.3 Å². The Labute approximate surface area is 254 Å². The van der Waals surface area contributed by atoms with E-state index < -0.39 is 65.3 Å². The number of ketones is 1. The van der Waals surface area contributed by atoms with Crippen LogP contribution in [0.1, 0.15) is 52.2 Å². The molecule has 0 amide bonds. The molecule has 0 N–H and O–H groups in total. The average Bonchev–Trinajstić information content (AvgIpc) is 3.63. The van der Waals surface area contributed by atoms with Crippen molar-refractivity contribution in [3.8, 4) is 0 Å². The highest BCUT2D eigenvalue weighted by molar-refractivity contribution is 7.80. The van der Waals surface area contributed by atoms with Crippen molar-refractivity contribution in [2.75, 3.05) is 13.7 Å². The number of thiocarbonyl (C=S) groups is 1. The Kier molecular flexibility index (Phi) is 10.3. The molecule has 1 atom stereocenters. The van der Waals surface area contributed by atoms with Crippen LogP contribution in [-0.2, 0) is 11.0 Å². The summed E-state index contributed by atoms with van der Waals surface area (Å²) in [5.41, 5.74) is -4.28. The number of carbonyl (C=O) groups is 1. The molecular weight excluding hydrogens is 668 g/mol. The number of hydrogen-bond donors (Lipinski definition) is 0. The summed E-state index contributed by atoms with van der Waals surface area (Å²) in [5.74, 6) is -3.38. The molecule has 1 saturated carbocycles. The Morgan fingerprint density at radius 2 is 1.60 bits per heavy atom. The molecule has 0 aromatic heterocycles. The van der Waals surface area contributed by atoms with Gasteiger partial charge in [-0.15, -0.1) is 0 Å². The van der Waals surface area contributed by atoms with E-state index in [1.165, 1.54) is 0 Å². The minimum absolute atomic E-state index is 0.148. The van der Waals surface area contributed by atoms with E-state index in [0.29, 0.717) is 17.2 Å². The van der Waals surface area contributed by atoms with E-state index >= 15 is 0 Å². The van der Waals surface area contributed by atoms with Crippen LogP contribution >= 0.6 is 47.0 Å². The Bertz CT molecular complexity index is 1360. The molecule has 0 saturated heterocycles. The van der Waals surface area contributed by atoms with Crippen molar-refractivity contribution in [2.45, 2.75) is 43.7 Å². The van der Waals surface area contributed by atoms with Gasteiger partial charge >= 0.3 is 18.5 Å². The first-order chi connectivity index (χ1) is 19.2. The van der Waals surface area contributed by atoms with Crippen molar-refractivity contribution >= 4 is 63.9 Å². The molecule has 16 heteroatoms. The number of benzene rings is 2. The van der Waals surface area contributed by atoms with Crippen molar-refractivity contribution in [3.63, 3.8) is 0 Å². The second-order valence-electron chi connectivity index (χ2n) is 9.50. The number of carbonyl (C=O) groups excluding carboxylic acids is 1. The van der Waals surface area contributed by atoms with Crippen LogP contribution in [-0.4, -0.2) is 41.8 Å². The third kappa shape index (κ3) is 8.31. The summed E-state index contributed by atoms with van der Waals surface area (Å²) in [7, 11) is 0.934. The smallest absolute Gasteiger partial charge is 0.294 e. The Hall–Kier alpha value is -2.06.